The molecule has 0 saturated heterocycles. The zero-order valence-electron chi connectivity index (χ0n) is 17.6. The fraction of sp³-hybridized carbons (Fsp3) is 0.238. The molecule has 160 valence electrons. The molecule has 1 atom stereocenters. The molecule has 0 aliphatic heterocycles. The topological polar surface area (TPSA) is 78.2 Å². The molecule has 1 aromatic carbocycles. The first-order chi connectivity index (χ1) is 15.0. The number of aromatic nitrogens is 5. The summed E-state index contributed by atoms with van der Waals surface area (Å²) in [5, 5.41) is 4.75. The number of rotatable bonds is 6. The van der Waals surface area contributed by atoms with Crippen molar-refractivity contribution < 1.29 is 13.9 Å². The van der Waals surface area contributed by atoms with Gasteiger partial charge < -0.3 is 14.4 Å². The van der Waals surface area contributed by atoms with Gasteiger partial charge in [-0.15, -0.1) is 0 Å². The third kappa shape index (κ3) is 3.77. The summed E-state index contributed by atoms with van der Waals surface area (Å²) in [5.41, 5.74) is 2.91. The van der Waals surface area contributed by atoms with Crippen LogP contribution in [0.25, 0.3) is 22.4 Å². The zero-order chi connectivity index (χ0) is 22.1. The quantitative estimate of drug-likeness (QED) is 0.426. The lowest BCUT2D eigenvalue weighted by Gasteiger charge is -2.26. The lowest BCUT2D eigenvalue weighted by Crippen LogP contribution is -2.24. The number of fused-ring (bicyclic) bond motifs is 1. The SMILES string of the molecule is CCN(c1ccc2ncc(-c3cnn(C)c3)nc2n1)c1c(F)c(OC)cc(OC)c1P. The minimum atomic E-state index is -0.493. The van der Waals surface area contributed by atoms with E-state index in [1.54, 1.807) is 28.0 Å². The number of methoxy groups -OCH3 is 2. The minimum Gasteiger partial charge on any atom is -0.496 e. The summed E-state index contributed by atoms with van der Waals surface area (Å²) in [5.74, 6) is 0.630. The maximum Gasteiger partial charge on any atom is 0.189 e. The summed E-state index contributed by atoms with van der Waals surface area (Å²) < 4.78 is 27.6. The Hall–Kier alpha value is -3.32. The standard InChI is InChI=1S/C21H22FN6O2P/c1-5-28(19-18(22)15(29-3)8-16(30-4)20(19)31)17-7-6-13-21(26-17)25-14(10-23-13)12-9-24-27(2)11-12/h6-11H,5,31H2,1-4H3. The van der Waals surface area contributed by atoms with E-state index in [9.17, 15) is 0 Å². The fourth-order valence-corrected chi connectivity index (χ4v) is 3.84. The average Bonchev–Trinajstić information content (AvgIpc) is 3.22. The molecule has 0 aliphatic carbocycles. The van der Waals surface area contributed by atoms with Crippen LogP contribution >= 0.6 is 9.24 Å². The van der Waals surface area contributed by atoms with Crippen LogP contribution in [0.1, 0.15) is 6.92 Å². The van der Waals surface area contributed by atoms with Gasteiger partial charge in [0.1, 0.15) is 17.1 Å². The molecule has 0 amide bonds. The number of ether oxygens (including phenoxy) is 2. The van der Waals surface area contributed by atoms with Crippen LogP contribution in [0.15, 0.2) is 36.8 Å². The molecule has 3 heterocycles. The van der Waals surface area contributed by atoms with E-state index in [0.29, 0.717) is 46.0 Å². The van der Waals surface area contributed by atoms with Gasteiger partial charge in [-0.25, -0.2) is 14.4 Å². The Bertz CT molecular complexity index is 1230. The Labute approximate surface area is 181 Å². The van der Waals surface area contributed by atoms with Crippen molar-refractivity contribution in [3.05, 3.63) is 42.6 Å². The van der Waals surface area contributed by atoms with Gasteiger partial charge in [-0.3, -0.25) is 9.67 Å². The first kappa shape index (κ1) is 20.9. The summed E-state index contributed by atoms with van der Waals surface area (Å²) >= 11 is 0. The summed E-state index contributed by atoms with van der Waals surface area (Å²) in [6, 6.07) is 5.13. The molecule has 1 unspecified atom stereocenters. The molecular formula is C21H22FN6O2P. The van der Waals surface area contributed by atoms with E-state index in [2.05, 4.69) is 29.3 Å². The minimum absolute atomic E-state index is 0.0935. The number of nitrogens with zero attached hydrogens (tertiary/aromatic N) is 6. The first-order valence-electron chi connectivity index (χ1n) is 9.57. The number of pyridine rings is 1. The number of aryl methyl sites for hydroxylation is 1. The van der Waals surface area contributed by atoms with Gasteiger partial charge in [0, 0.05) is 36.7 Å². The number of hydrogen-bond donors (Lipinski definition) is 0. The van der Waals surface area contributed by atoms with E-state index >= 15 is 4.39 Å². The van der Waals surface area contributed by atoms with E-state index in [0.717, 1.165) is 5.56 Å². The van der Waals surface area contributed by atoms with Crippen LogP contribution in [0.3, 0.4) is 0 Å². The van der Waals surface area contributed by atoms with Gasteiger partial charge in [-0.05, 0) is 19.1 Å². The number of hydrogen-bond acceptors (Lipinski definition) is 7. The molecule has 0 N–H and O–H groups in total. The maximum absolute atomic E-state index is 15.3. The molecule has 4 aromatic rings. The van der Waals surface area contributed by atoms with E-state index in [-0.39, 0.29) is 5.75 Å². The largest absolute Gasteiger partial charge is 0.496 e. The van der Waals surface area contributed by atoms with Crippen molar-refractivity contribution in [3.8, 4) is 22.8 Å². The Morgan fingerprint density at radius 2 is 1.90 bits per heavy atom. The third-order valence-electron chi connectivity index (χ3n) is 4.90. The maximum atomic E-state index is 15.3. The molecule has 0 fully saturated rings. The van der Waals surface area contributed by atoms with Crippen LogP contribution in [0.2, 0.25) is 0 Å². The van der Waals surface area contributed by atoms with Crippen molar-refractivity contribution in [2.45, 2.75) is 6.92 Å². The summed E-state index contributed by atoms with van der Waals surface area (Å²) in [6.45, 7) is 2.38. The molecule has 31 heavy (non-hydrogen) atoms. The highest BCUT2D eigenvalue weighted by molar-refractivity contribution is 7.28. The number of halogens is 1. The van der Waals surface area contributed by atoms with Crippen LogP contribution in [0, 0.1) is 5.82 Å². The van der Waals surface area contributed by atoms with Crippen LogP contribution in [0.5, 0.6) is 11.5 Å². The average molecular weight is 440 g/mol. The predicted molar refractivity (Wildman–Crippen MR) is 121 cm³/mol. The van der Waals surface area contributed by atoms with Gasteiger partial charge in [-0.2, -0.15) is 5.10 Å². The smallest absolute Gasteiger partial charge is 0.189 e. The van der Waals surface area contributed by atoms with Gasteiger partial charge in [0.15, 0.2) is 17.2 Å². The summed E-state index contributed by atoms with van der Waals surface area (Å²) in [7, 11) is 7.33. The van der Waals surface area contributed by atoms with Crippen LogP contribution in [-0.4, -0.2) is 45.5 Å². The molecule has 0 spiro atoms. The predicted octanol–water partition coefficient (Wildman–Crippen LogP) is 3.24. The highest BCUT2D eigenvalue weighted by Crippen LogP contribution is 2.36. The van der Waals surface area contributed by atoms with Crippen LogP contribution in [-0.2, 0) is 7.05 Å². The Kier molecular flexibility index (Phi) is 5.69. The van der Waals surface area contributed by atoms with E-state index < -0.39 is 5.82 Å². The molecule has 0 saturated carbocycles. The molecular weight excluding hydrogens is 418 g/mol. The Balaban J connectivity index is 1.85. The summed E-state index contributed by atoms with van der Waals surface area (Å²) in [6.07, 6.45) is 5.26. The van der Waals surface area contributed by atoms with Crippen molar-refractivity contribution in [1.82, 2.24) is 24.7 Å². The fourth-order valence-electron chi connectivity index (χ4n) is 3.36. The summed E-state index contributed by atoms with van der Waals surface area (Å²) in [4.78, 5) is 15.5. The highest BCUT2D eigenvalue weighted by Gasteiger charge is 2.23. The molecule has 0 aliphatic rings. The number of anilines is 2. The first-order valence-corrected chi connectivity index (χ1v) is 10.1. The van der Waals surface area contributed by atoms with Gasteiger partial charge >= 0.3 is 0 Å². The molecule has 0 bridgehead atoms. The highest BCUT2D eigenvalue weighted by atomic mass is 31.0. The normalized spacial score (nSPS) is 11.0. The second-order valence-corrected chi connectivity index (χ2v) is 7.35. The van der Waals surface area contributed by atoms with Crippen molar-refractivity contribution in [1.29, 1.82) is 0 Å². The van der Waals surface area contributed by atoms with Gasteiger partial charge in [0.25, 0.3) is 0 Å². The van der Waals surface area contributed by atoms with Crippen molar-refractivity contribution in [2.75, 3.05) is 25.7 Å². The van der Waals surface area contributed by atoms with Crippen molar-refractivity contribution >= 4 is 37.2 Å². The molecule has 10 heteroatoms. The van der Waals surface area contributed by atoms with Crippen molar-refractivity contribution in [2.24, 2.45) is 7.05 Å². The van der Waals surface area contributed by atoms with Gasteiger partial charge in [-0.1, -0.05) is 9.24 Å². The zero-order valence-corrected chi connectivity index (χ0v) is 18.8. The van der Waals surface area contributed by atoms with E-state index in [1.165, 1.54) is 20.3 Å². The van der Waals surface area contributed by atoms with Crippen LogP contribution < -0.4 is 19.7 Å². The molecule has 3 aromatic heterocycles. The monoisotopic (exact) mass is 440 g/mol. The molecule has 8 nitrogen and oxygen atoms in total. The lowest BCUT2D eigenvalue weighted by atomic mass is 10.2. The number of benzene rings is 1. The molecule has 4 rings (SSSR count). The second kappa shape index (κ2) is 8.43. The van der Waals surface area contributed by atoms with Gasteiger partial charge in [0.05, 0.1) is 38.0 Å². The Morgan fingerprint density at radius 1 is 1.13 bits per heavy atom. The Morgan fingerprint density at radius 3 is 2.55 bits per heavy atom. The van der Waals surface area contributed by atoms with E-state index in [4.69, 9.17) is 9.47 Å². The van der Waals surface area contributed by atoms with Crippen LogP contribution in [0.4, 0.5) is 15.9 Å². The lowest BCUT2D eigenvalue weighted by molar-refractivity contribution is 0.376. The second-order valence-electron chi connectivity index (χ2n) is 6.77. The van der Waals surface area contributed by atoms with Gasteiger partial charge in [0.2, 0.25) is 0 Å². The molecule has 0 radical (unpaired) electrons. The van der Waals surface area contributed by atoms with E-state index in [1.807, 2.05) is 26.2 Å². The third-order valence-corrected chi connectivity index (χ3v) is 5.46. The van der Waals surface area contributed by atoms with Crippen molar-refractivity contribution in [3.63, 3.8) is 0 Å².